The second kappa shape index (κ2) is 49.8. The fourth-order valence-electron chi connectivity index (χ4n) is 0.632. The molecule has 0 aliphatic heterocycles. The van der Waals surface area contributed by atoms with Crippen LogP contribution in [-0.4, -0.2) is 70.8 Å². The molecule has 0 aromatic heterocycles. The van der Waals surface area contributed by atoms with E-state index >= 15 is 0 Å². The molecule has 0 amide bonds. The van der Waals surface area contributed by atoms with Gasteiger partial charge in [0.1, 0.15) is 0 Å². The maximum Gasteiger partial charge on any atom is 0.0430 e. The van der Waals surface area contributed by atoms with Crippen LogP contribution in [0.4, 0.5) is 0 Å². The molecule has 0 saturated heterocycles. The molecular weight excluding hydrogens is 375 g/mol. The van der Waals surface area contributed by atoms with Crippen LogP contribution in [0.5, 0.6) is 0 Å². The van der Waals surface area contributed by atoms with Crippen LogP contribution >= 0.6 is 0 Å². The quantitative estimate of drug-likeness (QED) is 0.460. The number of hydrogen-bond donors (Lipinski definition) is 4. The summed E-state index contributed by atoms with van der Waals surface area (Å²) in [5.74, 6) is 0. The van der Waals surface area contributed by atoms with Crippen molar-refractivity contribution >= 4 is 23.9 Å². The zero-order valence-electron chi connectivity index (χ0n) is 14.8. The summed E-state index contributed by atoms with van der Waals surface area (Å²) in [5, 5.41) is 32.3. The summed E-state index contributed by atoms with van der Waals surface area (Å²) in [7, 11) is 0. The third-order valence-corrected chi connectivity index (χ3v) is 2.05. The summed E-state index contributed by atoms with van der Waals surface area (Å²) in [4.78, 5) is 0. The second-order valence-electron chi connectivity index (χ2n) is 4.31. The molecule has 0 heterocycles. The predicted octanol–water partition coefficient (Wildman–Crippen LogP) is 2.73. The zero-order valence-corrected chi connectivity index (χ0v) is 17.6. The van der Waals surface area contributed by atoms with Crippen molar-refractivity contribution in [2.24, 2.45) is 0 Å². The largest absolute Gasteiger partial charge is 0.396 e. The van der Waals surface area contributed by atoms with Gasteiger partial charge in [0.2, 0.25) is 0 Å². The van der Waals surface area contributed by atoms with E-state index in [1.54, 1.807) is 0 Å². The zero-order chi connectivity index (χ0) is 16.5. The Balaban J connectivity index is -0.0000000533. The monoisotopic (exact) mass is 416 g/mol. The Morgan fingerprint density at radius 1 is 0.429 bits per heavy atom. The van der Waals surface area contributed by atoms with E-state index in [1.807, 2.05) is 0 Å². The molecular formula is C16H40O4Sn. The summed E-state index contributed by atoms with van der Waals surface area (Å²) in [6.07, 6.45) is 8.15. The van der Waals surface area contributed by atoms with Crippen LogP contribution in [0.25, 0.3) is 0 Å². The molecule has 0 aliphatic carbocycles. The van der Waals surface area contributed by atoms with E-state index in [-0.39, 0.29) is 23.9 Å². The summed E-state index contributed by atoms with van der Waals surface area (Å²) >= 11 is 0. The van der Waals surface area contributed by atoms with Gasteiger partial charge in [0, 0.05) is 50.3 Å². The maximum absolute atomic E-state index is 8.07. The number of hydrogen-bond acceptors (Lipinski definition) is 4. The minimum Gasteiger partial charge on any atom is -0.396 e. The van der Waals surface area contributed by atoms with Crippen LogP contribution in [0.2, 0.25) is 0 Å². The molecule has 0 aromatic rings. The maximum atomic E-state index is 8.07. The van der Waals surface area contributed by atoms with Gasteiger partial charge in [-0.05, 0) is 25.7 Å². The number of aliphatic hydroxyl groups is 4. The van der Waals surface area contributed by atoms with Gasteiger partial charge in [-0.15, -0.1) is 0 Å². The molecule has 4 N–H and O–H groups in total. The first-order chi connectivity index (χ1) is 9.66. The molecule has 0 saturated carbocycles. The first kappa shape index (κ1) is 33.3. The topological polar surface area (TPSA) is 80.9 Å². The van der Waals surface area contributed by atoms with Crippen LogP contribution < -0.4 is 0 Å². The van der Waals surface area contributed by atoms with Crippen LogP contribution in [0.1, 0.15) is 79.1 Å². The smallest absolute Gasteiger partial charge is 0.0430 e. The number of unbranched alkanes of at least 4 members (excludes halogenated alkanes) is 4. The van der Waals surface area contributed by atoms with Gasteiger partial charge in [-0.2, -0.15) is 0 Å². The third kappa shape index (κ3) is 96.1. The van der Waals surface area contributed by atoms with E-state index in [1.165, 1.54) is 0 Å². The van der Waals surface area contributed by atoms with Gasteiger partial charge in [0.25, 0.3) is 0 Å². The molecule has 0 aliphatic rings. The number of aliphatic hydroxyl groups excluding tert-OH is 4. The van der Waals surface area contributed by atoms with Crippen molar-refractivity contribution in [2.45, 2.75) is 79.1 Å². The van der Waals surface area contributed by atoms with E-state index in [4.69, 9.17) is 20.4 Å². The Bertz CT molecular complexity index is 74.3. The second-order valence-corrected chi connectivity index (χ2v) is 4.31. The first-order valence-electron chi connectivity index (χ1n) is 8.09. The Kier molecular flexibility index (Phi) is 79.0. The van der Waals surface area contributed by atoms with Crippen LogP contribution in [0, 0.1) is 0 Å². The summed E-state index contributed by atoms with van der Waals surface area (Å²) in [6, 6.07) is 0. The SMILES string of the molecule is CCCCO.CCCCO.CCCCO.CCCCO.[Sn]. The van der Waals surface area contributed by atoms with E-state index in [0.29, 0.717) is 26.4 Å². The normalized spacial score (nSPS) is 8.00. The summed E-state index contributed by atoms with van der Waals surface area (Å²) in [5.41, 5.74) is 0. The van der Waals surface area contributed by atoms with Gasteiger partial charge in [-0.3, -0.25) is 0 Å². The summed E-state index contributed by atoms with van der Waals surface area (Å²) in [6.45, 7) is 9.58. The van der Waals surface area contributed by atoms with Crippen LogP contribution in [0.3, 0.4) is 0 Å². The average Bonchev–Trinajstić information content (AvgIpc) is 2.44. The molecule has 0 aromatic carbocycles. The van der Waals surface area contributed by atoms with Crippen LogP contribution in [-0.2, 0) is 0 Å². The molecule has 0 atom stereocenters. The molecule has 21 heavy (non-hydrogen) atoms. The average molecular weight is 415 g/mol. The van der Waals surface area contributed by atoms with E-state index in [0.717, 1.165) is 51.4 Å². The van der Waals surface area contributed by atoms with Crippen molar-refractivity contribution in [3.05, 3.63) is 0 Å². The molecule has 0 fully saturated rings. The third-order valence-electron chi connectivity index (χ3n) is 2.05. The van der Waals surface area contributed by atoms with E-state index < -0.39 is 0 Å². The van der Waals surface area contributed by atoms with Gasteiger partial charge >= 0.3 is 0 Å². The molecule has 0 spiro atoms. The van der Waals surface area contributed by atoms with Gasteiger partial charge in [0.15, 0.2) is 0 Å². The van der Waals surface area contributed by atoms with Crippen molar-refractivity contribution in [1.29, 1.82) is 0 Å². The molecule has 132 valence electrons. The minimum atomic E-state index is 0. The molecule has 5 heteroatoms. The molecule has 4 radical (unpaired) electrons. The van der Waals surface area contributed by atoms with Crippen molar-refractivity contribution in [3.8, 4) is 0 Å². The Morgan fingerprint density at radius 2 is 0.571 bits per heavy atom. The minimum absolute atomic E-state index is 0. The van der Waals surface area contributed by atoms with Crippen LogP contribution in [0.15, 0.2) is 0 Å². The molecule has 4 nitrogen and oxygen atoms in total. The fraction of sp³-hybridized carbons (Fsp3) is 1.00. The fourth-order valence-corrected chi connectivity index (χ4v) is 0.632. The Morgan fingerprint density at radius 3 is 0.571 bits per heavy atom. The molecule has 0 rings (SSSR count). The van der Waals surface area contributed by atoms with Crippen molar-refractivity contribution in [1.82, 2.24) is 0 Å². The molecule has 0 bridgehead atoms. The van der Waals surface area contributed by atoms with Crippen molar-refractivity contribution < 1.29 is 20.4 Å². The van der Waals surface area contributed by atoms with E-state index in [9.17, 15) is 0 Å². The predicted molar refractivity (Wildman–Crippen MR) is 93.7 cm³/mol. The van der Waals surface area contributed by atoms with Gasteiger partial charge in [-0.25, -0.2) is 0 Å². The Labute approximate surface area is 149 Å². The van der Waals surface area contributed by atoms with Gasteiger partial charge in [-0.1, -0.05) is 53.4 Å². The standard InChI is InChI=1S/4C4H10O.Sn/c4*1-2-3-4-5;/h4*5H,2-4H2,1H3;. The van der Waals surface area contributed by atoms with Gasteiger partial charge in [0.05, 0.1) is 0 Å². The van der Waals surface area contributed by atoms with Gasteiger partial charge < -0.3 is 20.4 Å². The number of rotatable bonds is 8. The van der Waals surface area contributed by atoms with E-state index in [2.05, 4.69) is 27.7 Å². The van der Waals surface area contributed by atoms with Crippen molar-refractivity contribution in [3.63, 3.8) is 0 Å². The molecule has 0 unspecified atom stereocenters. The summed E-state index contributed by atoms with van der Waals surface area (Å²) < 4.78 is 0. The Hall–Kier alpha value is 0.639. The first-order valence-corrected chi connectivity index (χ1v) is 8.09. The van der Waals surface area contributed by atoms with Crippen molar-refractivity contribution in [2.75, 3.05) is 26.4 Å².